The molecule has 0 fully saturated rings. The van der Waals surface area contributed by atoms with E-state index >= 15 is 0 Å². The molecule has 0 amide bonds. The monoisotopic (exact) mass is 238 g/mol. The predicted molar refractivity (Wildman–Crippen MR) is 72.0 cm³/mol. The maximum atomic E-state index is 5.83. The number of ether oxygens (including phenoxy) is 1. The molecule has 3 rings (SSSR count). The van der Waals surface area contributed by atoms with Crippen LogP contribution in [0.4, 0.5) is 0 Å². The van der Waals surface area contributed by atoms with Crippen molar-refractivity contribution in [3.05, 3.63) is 54.5 Å². The third kappa shape index (κ3) is 1.95. The quantitative estimate of drug-likeness (QED) is 0.681. The fraction of sp³-hybridized carbons (Fsp3) is 0.133. The van der Waals surface area contributed by atoms with Gasteiger partial charge in [-0.15, -0.1) is 0 Å². The Morgan fingerprint density at radius 2 is 1.89 bits per heavy atom. The molecule has 0 spiro atoms. The van der Waals surface area contributed by atoms with E-state index in [1.807, 2.05) is 44.4 Å². The summed E-state index contributed by atoms with van der Waals surface area (Å²) in [6, 6.07) is 12.0. The van der Waals surface area contributed by atoms with Crippen LogP contribution in [0.3, 0.4) is 0 Å². The van der Waals surface area contributed by atoms with Crippen LogP contribution in [0.1, 0.15) is 5.69 Å². The molecule has 1 aromatic carbocycles. The molecular formula is C15H14N2O. The Balaban J connectivity index is 1.95. The van der Waals surface area contributed by atoms with Crippen LogP contribution in [0.15, 0.2) is 48.8 Å². The number of aryl methyl sites for hydroxylation is 2. The molecule has 2 aromatic heterocycles. The third-order valence-electron chi connectivity index (χ3n) is 2.96. The van der Waals surface area contributed by atoms with Crippen molar-refractivity contribution in [2.45, 2.75) is 6.92 Å². The van der Waals surface area contributed by atoms with Gasteiger partial charge in [-0.25, -0.2) is 0 Å². The highest BCUT2D eigenvalue weighted by molar-refractivity contribution is 5.81. The molecule has 18 heavy (non-hydrogen) atoms. The molecule has 3 nitrogen and oxygen atoms in total. The van der Waals surface area contributed by atoms with Crippen molar-refractivity contribution < 1.29 is 4.74 Å². The summed E-state index contributed by atoms with van der Waals surface area (Å²) >= 11 is 0. The van der Waals surface area contributed by atoms with Crippen molar-refractivity contribution >= 4 is 10.9 Å². The summed E-state index contributed by atoms with van der Waals surface area (Å²) in [6.45, 7) is 1.95. The van der Waals surface area contributed by atoms with Crippen molar-refractivity contribution in [3.63, 3.8) is 0 Å². The molecule has 0 N–H and O–H groups in total. The van der Waals surface area contributed by atoms with E-state index in [9.17, 15) is 0 Å². The summed E-state index contributed by atoms with van der Waals surface area (Å²) in [5, 5.41) is 1.18. The van der Waals surface area contributed by atoms with Crippen LogP contribution >= 0.6 is 0 Å². The predicted octanol–water partition coefficient (Wildman–Crippen LogP) is 3.67. The van der Waals surface area contributed by atoms with Crippen molar-refractivity contribution in [1.82, 2.24) is 9.55 Å². The SMILES string of the molecule is Cc1cc(Oc2ccc3c(ccn3C)c2)ccn1. The van der Waals surface area contributed by atoms with Crippen molar-refractivity contribution in [2.75, 3.05) is 0 Å². The molecule has 2 heterocycles. The van der Waals surface area contributed by atoms with E-state index in [1.165, 1.54) is 10.9 Å². The standard InChI is InChI=1S/C15H14N2O/c1-11-9-14(5-7-16-11)18-13-3-4-15-12(10-13)6-8-17(15)2/h3-10H,1-2H3. The highest BCUT2D eigenvalue weighted by atomic mass is 16.5. The first-order valence-corrected chi connectivity index (χ1v) is 5.88. The molecule has 0 radical (unpaired) electrons. The average Bonchev–Trinajstić information content (AvgIpc) is 2.71. The molecular weight excluding hydrogens is 224 g/mol. The smallest absolute Gasteiger partial charge is 0.130 e. The van der Waals surface area contributed by atoms with E-state index in [0.29, 0.717) is 0 Å². The first kappa shape index (κ1) is 10.8. The zero-order chi connectivity index (χ0) is 12.5. The minimum atomic E-state index is 0.817. The Morgan fingerprint density at radius 1 is 1.06 bits per heavy atom. The van der Waals surface area contributed by atoms with Gasteiger partial charge in [-0.05, 0) is 37.3 Å². The first-order valence-electron chi connectivity index (χ1n) is 5.88. The maximum Gasteiger partial charge on any atom is 0.130 e. The second kappa shape index (κ2) is 4.18. The molecule has 0 aliphatic carbocycles. The van der Waals surface area contributed by atoms with Crippen molar-refractivity contribution in [2.24, 2.45) is 7.05 Å². The summed E-state index contributed by atoms with van der Waals surface area (Å²) in [4.78, 5) is 4.15. The highest BCUT2D eigenvalue weighted by Crippen LogP contribution is 2.25. The minimum absolute atomic E-state index is 0.817. The van der Waals surface area contributed by atoms with Gasteiger partial charge in [0.05, 0.1) is 0 Å². The van der Waals surface area contributed by atoms with Crippen LogP contribution in [0.5, 0.6) is 11.5 Å². The zero-order valence-electron chi connectivity index (χ0n) is 10.4. The van der Waals surface area contributed by atoms with Gasteiger partial charge in [0, 0.05) is 42.1 Å². The van der Waals surface area contributed by atoms with Gasteiger partial charge in [0.1, 0.15) is 11.5 Å². The molecule has 0 unspecified atom stereocenters. The lowest BCUT2D eigenvalue weighted by Crippen LogP contribution is -1.87. The lowest BCUT2D eigenvalue weighted by Gasteiger charge is -2.06. The number of fused-ring (bicyclic) bond motifs is 1. The Bertz CT molecular complexity index is 701. The van der Waals surface area contributed by atoms with Gasteiger partial charge >= 0.3 is 0 Å². The van der Waals surface area contributed by atoms with Crippen LogP contribution in [-0.4, -0.2) is 9.55 Å². The molecule has 0 saturated heterocycles. The van der Waals surface area contributed by atoms with Crippen LogP contribution in [-0.2, 0) is 7.05 Å². The van der Waals surface area contributed by atoms with E-state index in [2.05, 4.69) is 21.7 Å². The van der Waals surface area contributed by atoms with E-state index in [4.69, 9.17) is 4.74 Å². The van der Waals surface area contributed by atoms with Crippen molar-refractivity contribution in [1.29, 1.82) is 0 Å². The Labute approximate surface area is 106 Å². The Morgan fingerprint density at radius 3 is 2.72 bits per heavy atom. The largest absolute Gasteiger partial charge is 0.457 e. The summed E-state index contributed by atoms with van der Waals surface area (Å²) in [7, 11) is 2.04. The molecule has 90 valence electrons. The van der Waals surface area contributed by atoms with Crippen LogP contribution in [0, 0.1) is 6.92 Å². The Kier molecular flexibility index (Phi) is 2.52. The van der Waals surface area contributed by atoms with Gasteiger partial charge in [0.2, 0.25) is 0 Å². The van der Waals surface area contributed by atoms with Gasteiger partial charge in [-0.2, -0.15) is 0 Å². The molecule has 0 atom stereocenters. The molecule has 3 heteroatoms. The number of pyridine rings is 1. The number of hydrogen-bond acceptors (Lipinski definition) is 2. The maximum absolute atomic E-state index is 5.83. The molecule has 0 aliphatic rings. The van der Waals surface area contributed by atoms with Gasteiger partial charge in [-0.3, -0.25) is 4.98 Å². The normalized spacial score (nSPS) is 10.8. The fourth-order valence-electron chi connectivity index (χ4n) is 2.04. The van der Waals surface area contributed by atoms with Gasteiger partial charge < -0.3 is 9.30 Å². The lowest BCUT2D eigenvalue weighted by molar-refractivity contribution is 0.482. The highest BCUT2D eigenvalue weighted by Gasteiger charge is 2.02. The fourth-order valence-corrected chi connectivity index (χ4v) is 2.04. The minimum Gasteiger partial charge on any atom is -0.457 e. The van der Waals surface area contributed by atoms with Crippen LogP contribution in [0.25, 0.3) is 10.9 Å². The average molecular weight is 238 g/mol. The van der Waals surface area contributed by atoms with E-state index in [1.54, 1.807) is 6.20 Å². The van der Waals surface area contributed by atoms with E-state index in [-0.39, 0.29) is 0 Å². The van der Waals surface area contributed by atoms with E-state index < -0.39 is 0 Å². The summed E-state index contributed by atoms with van der Waals surface area (Å²) < 4.78 is 7.92. The summed E-state index contributed by atoms with van der Waals surface area (Å²) in [5.74, 6) is 1.66. The Hall–Kier alpha value is -2.29. The van der Waals surface area contributed by atoms with Crippen molar-refractivity contribution in [3.8, 4) is 11.5 Å². The molecule has 0 bridgehead atoms. The number of hydrogen-bond donors (Lipinski definition) is 0. The first-order chi connectivity index (χ1) is 8.72. The molecule has 0 aliphatic heterocycles. The number of rotatable bonds is 2. The molecule has 3 aromatic rings. The summed E-state index contributed by atoms with van der Waals surface area (Å²) in [5.41, 5.74) is 2.15. The number of aromatic nitrogens is 2. The van der Waals surface area contributed by atoms with Gasteiger partial charge in [0.15, 0.2) is 0 Å². The third-order valence-corrected chi connectivity index (χ3v) is 2.96. The van der Waals surface area contributed by atoms with E-state index in [0.717, 1.165) is 17.2 Å². The lowest BCUT2D eigenvalue weighted by atomic mass is 10.2. The van der Waals surface area contributed by atoms with Gasteiger partial charge in [-0.1, -0.05) is 0 Å². The summed E-state index contributed by atoms with van der Waals surface area (Å²) in [6.07, 6.45) is 3.80. The number of benzene rings is 1. The topological polar surface area (TPSA) is 27.1 Å². The zero-order valence-corrected chi connectivity index (χ0v) is 10.4. The second-order valence-corrected chi connectivity index (χ2v) is 4.38. The number of nitrogens with zero attached hydrogens (tertiary/aromatic N) is 2. The molecule has 0 saturated carbocycles. The second-order valence-electron chi connectivity index (χ2n) is 4.38. The van der Waals surface area contributed by atoms with Crippen LogP contribution in [0.2, 0.25) is 0 Å². The van der Waals surface area contributed by atoms with Crippen LogP contribution < -0.4 is 4.74 Å². The van der Waals surface area contributed by atoms with Gasteiger partial charge in [0.25, 0.3) is 0 Å².